The largest absolute Gasteiger partial charge is 0.329 e. The molecule has 0 radical (unpaired) electrons. The molecule has 1 aliphatic rings. The molecule has 1 aliphatic heterocycles. The minimum absolute atomic E-state index is 0.00579. The average Bonchev–Trinajstić information content (AvgIpc) is 2.71. The number of carbonyl (C=O) groups excluding carboxylic acids is 1. The fourth-order valence-electron chi connectivity index (χ4n) is 1.48. The molecule has 74 valence electrons. The number of aromatic nitrogens is 2. The normalized spacial score (nSPS) is 16.6. The van der Waals surface area contributed by atoms with Gasteiger partial charge in [0.25, 0.3) is 0 Å². The molecular weight excluding hydrogens is 178 g/mol. The van der Waals surface area contributed by atoms with Crippen LogP contribution in [0, 0.1) is 0 Å². The molecule has 2 heterocycles. The molecule has 1 aromatic heterocycles. The third-order valence-corrected chi connectivity index (χ3v) is 2.43. The highest BCUT2D eigenvalue weighted by atomic mass is 16.2. The molecule has 0 fully saturated rings. The molecule has 1 aromatic rings. The van der Waals surface area contributed by atoms with Crippen LogP contribution in [0.25, 0.3) is 0 Å². The van der Waals surface area contributed by atoms with Crippen molar-refractivity contribution < 1.29 is 4.79 Å². The summed E-state index contributed by atoms with van der Waals surface area (Å²) in [4.78, 5) is 17.5. The van der Waals surface area contributed by atoms with Crippen molar-refractivity contribution in [2.24, 2.45) is 0 Å². The Morgan fingerprint density at radius 1 is 1.57 bits per heavy atom. The van der Waals surface area contributed by atoms with Crippen LogP contribution in [-0.2, 0) is 0 Å². The summed E-state index contributed by atoms with van der Waals surface area (Å²) in [7, 11) is 0. The summed E-state index contributed by atoms with van der Waals surface area (Å²) in [5.41, 5.74) is 1.36. The first-order valence-electron chi connectivity index (χ1n) is 4.70. The summed E-state index contributed by atoms with van der Waals surface area (Å²) in [6.07, 6.45) is 7.89. The van der Waals surface area contributed by atoms with Gasteiger partial charge in [-0.1, -0.05) is 11.6 Å². The second-order valence-electron chi connectivity index (χ2n) is 3.50. The Bertz CT molecular complexity index is 353. The van der Waals surface area contributed by atoms with Gasteiger partial charge in [0, 0.05) is 25.5 Å². The maximum atomic E-state index is 11.8. The number of imidazole rings is 1. The molecule has 0 aromatic carbocycles. The van der Waals surface area contributed by atoms with Crippen molar-refractivity contribution in [3.63, 3.8) is 0 Å². The number of amides is 1. The van der Waals surface area contributed by atoms with Gasteiger partial charge in [0.15, 0.2) is 0 Å². The minimum atomic E-state index is 0.00579. The summed E-state index contributed by atoms with van der Waals surface area (Å²) in [6, 6.07) is 0.00579. The van der Waals surface area contributed by atoms with Gasteiger partial charge in [-0.15, -0.1) is 0 Å². The zero-order valence-corrected chi connectivity index (χ0v) is 8.18. The van der Waals surface area contributed by atoms with Crippen molar-refractivity contribution in [2.75, 3.05) is 13.1 Å². The van der Waals surface area contributed by atoms with E-state index in [0.717, 1.165) is 13.0 Å². The Morgan fingerprint density at radius 3 is 3.00 bits per heavy atom. The molecule has 0 atom stereocenters. The van der Waals surface area contributed by atoms with E-state index >= 15 is 0 Å². The highest BCUT2D eigenvalue weighted by Gasteiger charge is 2.16. The molecule has 0 unspecified atom stereocenters. The first-order valence-corrected chi connectivity index (χ1v) is 4.70. The molecule has 0 saturated heterocycles. The van der Waals surface area contributed by atoms with Crippen LogP contribution in [0.2, 0.25) is 0 Å². The second-order valence-corrected chi connectivity index (χ2v) is 3.50. The first kappa shape index (κ1) is 8.99. The van der Waals surface area contributed by atoms with Crippen molar-refractivity contribution in [2.45, 2.75) is 13.3 Å². The van der Waals surface area contributed by atoms with Crippen LogP contribution >= 0.6 is 0 Å². The van der Waals surface area contributed by atoms with E-state index in [0.29, 0.717) is 6.54 Å². The van der Waals surface area contributed by atoms with Gasteiger partial charge in [-0.2, -0.15) is 0 Å². The zero-order chi connectivity index (χ0) is 9.97. The van der Waals surface area contributed by atoms with E-state index in [4.69, 9.17) is 0 Å². The molecule has 0 bridgehead atoms. The standard InChI is InChI=1S/C10H13N3O/c1-9-2-5-12(6-3-9)10(14)13-7-4-11-8-13/h2,4,7-8H,3,5-6H2,1H3. The first-order chi connectivity index (χ1) is 6.77. The van der Waals surface area contributed by atoms with E-state index in [1.54, 1.807) is 12.4 Å². The number of nitrogens with zero attached hydrogens (tertiary/aromatic N) is 3. The van der Waals surface area contributed by atoms with Crippen LogP contribution in [0.1, 0.15) is 13.3 Å². The molecule has 0 spiro atoms. The second kappa shape index (κ2) is 3.65. The fraction of sp³-hybridized carbons (Fsp3) is 0.400. The summed E-state index contributed by atoms with van der Waals surface area (Å²) in [5, 5.41) is 0. The third-order valence-electron chi connectivity index (χ3n) is 2.43. The Labute approximate surface area is 82.9 Å². The lowest BCUT2D eigenvalue weighted by Gasteiger charge is -2.25. The summed E-state index contributed by atoms with van der Waals surface area (Å²) >= 11 is 0. The number of carbonyl (C=O) groups is 1. The molecule has 1 amide bonds. The number of hydrogen-bond acceptors (Lipinski definition) is 2. The van der Waals surface area contributed by atoms with Gasteiger partial charge < -0.3 is 4.90 Å². The Morgan fingerprint density at radius 2 is 2.43 bits per heavy atom. The topological polar surface area (TPSA) is 38.1 Å². The van der Waals surface area contributed by atoms with E-state index in [1.807, 2.05) is 4.90 Å². The molecular formula is C10H13N3O. The van der Waals surface area contributed by atoms with E-state index in [-0.39, 0.29) is 6.03 Å². The van der Waals surface area contributed by atoms with Gasteiger partial charge in [-0.05, 0) is 13.3 Å². The van der Waals surface area contributed by atoms with Crippen molar-refractivity contribution in [1.82, 2.24) is 14.5 Å². The van der Waals surface area contributed by atoms with Crippen LogP contribution < -0.4 is 0 Å². The predicted octanol–water partition coefficient (Wildman–Crippen LogP) is 1.50. The quantitative estimate of drug-likeness (QED) is 0.583. The zero-order valence-electron chi connectivity index (χ0n) is 8.18. The van der Waals surface area contributed by atoms with Gasteiger partial charge in [0.1, 0.15) is 6.33 Å². The van der Waals surface area contributed by atoms with Gasteiger partial charge in [0.2, 0.25) is 0 Å². The molecule has 0 aliphatic carbocycles. The van der Waals surface area contributed by atoms with Crippen molar-refractivity contribution in [1.29, 1.82) is 0 Å². The van der Waals surface area contributed by atoms with E-state index < -0.39 is 0 Å². The molecule has 0 N–H and O–H groups in total. The highest BCUT2D eigenvalue weighted by Crippen LogP contribution is 2.10. The lowest BCUT2D eigenvalue weighted by molar-refractivity contribution is 0.203. The van der Waals surface area contributed by atoms with E-state index in [2.05, 4.69) is 18.0 Å². The summed E-state index contributed by atoms with van der Waals surface area (Å²) in [5.74, 6) is 0. The lowest BCUT2D eigenvalue weighted by atomic mass is 10.1. The minimum Gasteiger partial charge on any atom is -0.320 e. The van der Waals surface area contributed by atoms with Gasteiger partial charge in [0.05, 0.1) is 0 Å². The molecule has 4 nitrogen and oxygen atoms in total. The van der Waals surface area contributed by atoms with Crippen LogP contribution in [0.15, 0.2) is 30.4 Å². The van der Waals surface area contributed by atoms with Crippen molar-refractivity contribution >= 4 is 6.03 Å². The number of rotatable bonds is 0. The van der Waals surface area contributed by atoms with Gasteiger partial charge in [-0.25, -0.2) is 9.78 Å². The van der Waals surface area contributed by atoms with Crippen LogP contribution in [0.5, 0.6) is 0 Å². The monoisotopic (exact) mass is 191 g/mol. The lowest BCUT2D eigenvalue weighted by Crippen LogP contribution is -2.37. The van der Waals surface area contributed by atoms with Gasteiger partial charge >= 0.3 is 6.03 Å². The number of hydrogen-bond donors (Lipinski definition) is 0. The van der Waals surface area contributed by atoms with Crippen molar-refractivity contribution in [3.8, 4) is 0 Å². The molecule has 14 heavy (non-hydrogen) atoms. The fourth-order valence-corrected chi connectivity index (χ4v) is 1.48. The maximum Gasteiger partial charge on any atom is 0.329 e. The van der Waals surface area contributed by atoms with Crippen LogP contribution in [0.3, 0.4) is 0 Å². The summed E-state index contributed by atoms with van der Waals surface area (Å²) in [6.45, 7) is 3.61. The Hall–Kier alpha value is -1.58. The van der Waals surface area contributed by atoms with Crippen LogP contribution in [-0.4, -0.2) is 33.6 Å². The summed E-state index contributed by atoms with van der Waals surface area (Å²) < 4.78 is 1.51. The third kappa shape index (κ3) is 1.69. The van der Waals surface area contributed by atoms with Crippen molar-refractivity contribution in [3.05, 3.63) is 30.4 Å². The van der Waals surface area contributed by atoms with Gasteiger partial charge in [-0.3, -0.25) is 4.57 Å². The predicted molar refractivity (Wildman–Crippen MR) is 53.0 cm³/mol. The average molecular weight is 191 g/mol. The maximum absolute atomic E-state index is 11.8. The molecule has 0 saturated carbocycles. The smallest absolute Gasteiger partial charge is 0.320 e. The Kier molecular flexibility index (Phi) is 2.35. The van der Waals surface area contributed by atoms with Crippen LogP contribution in [0.4, 0.5) is 4.79 Å². The molecule has 2 rings (SSSR count). The SMILES string of the molecule is CC1=CCN(C(=O)n2ccnc2)CC1. The van der Waals surface area contributed by atoms with E-state index in [1.165, 1.54) is 16.5 Å². The van der Waals surface area contributed by atoms with E-state index in [9.17, 15) is 4.79 Å². The molecule has 4 heteroatoms. The highest BCUT2D eigenvalue weighted by molar-refractivity contribution is 5.77. The Balaban J connectivity index is 2.07.